The Hall–Kier alpha value is -6.07. The Morgan fingerprint density at radius 1 is 0.458 bits per heavy atom. The first kappa shape index (κ1) is 28.2. The maximum atomic E-state index is 6.70. The lowest BCUT2D eigenvalue weighted by Gasteiger charge is -2.17. The second-order valence-electron chi connectivity index (χ2n) is 12.1. The summed E-state index contributed by atoms with van der Waals surface area (Å²) in [5, 5.41) is 4.21. The molecule has 5 nitrogen and oxygen atoms in total. The van der Waals surface area contributed by atoms with Gasteiger partial charge in [0, 0.05) is 32.7 Å². The highest BCUT2D eigenvalue weighted by Gasteiger charge is 2.24. The number of hydrogen-bond acceptors (Lipinski definition) is 5. The fourth-order valence-electron chi connectivity index (χ4n) is 7.03. The van der Waals surface area contributed by atoms with Crippen molar-refractivity contribution in [3.8, 4) is 45.3 Å². The van der Waals surface area contributed by atoms with Crippen LogP contribution >= 0.6 is 0 Å². The van der Waals surface area contributed by atoms with Crippen LogP contribution in [-0.4, -0.2) is 15.0 Å². The minimum absolute atomic E-state index is 0.590. The maximum Gasteiger partial charge on any atom is 0.168 e. The van der Waals surface area contributed by atoms with E-state index in [0.29, 0.717) is 17.5 Å². The third-order valence-corrected chi connectivity index (χ3v) is 9.34. The lowest BCUT2D eigenvalue weighted by atomic mass is 9.88. The quantitative estimate of drug-likeness (QED) is 0.185. The minimum atomic E-state index is 0.590. The summed E-state index contributed by atoms with van der Waals surface area (Å²) in [6, 6.07) is 43.6. The van der Waals surface area contributed by atoms with Crippen LogP contribution in [0.25, 0.3) is 89.2 Å². The van der Waals surface area contributed by atoms with Crippen molar-refractivity contribution < 1.29 is 8.83 Å². The molecule has 0 amide bonds. The zero-order valence-electron chi connectivity index (χ0n) is 26.7. The van der Waals surface area contributed by atoms with Crippen molar-refractivity contribution in [2.24, 2.45) is 0 Å². The van der Waals surface area contributed by atoms with Crippen molar-refractivity contribution >= 4 is 43.9 Å². The molecule has 0 saturated carbocycles. The molecule has 0 aliphatic rings. The third kappa shape index (κ3) is 4.50. The van der Waals surface area contributed by atoms with Gasteiger partial charge in [0.15, 0.2) is 17.5 Å². The van der Waals surface area contributed by atoms with E-state index in [0.717, 1.165) is 79.0 Å². The number of rotatable bonds is 6. The average molecular weight is 622 g/mol. The van der Waals surface area contributed by atoms with Gasteiger partial charge in [-0.15, -0.1) is 0 Å². The molecule has 0 atom stereocenters. The van der Waals surface area contributed by atoms with Crippen LogP contribution in [-0.2, 0) is 12.8 Å². The lowest BCUT2D eigenvalue weighted by molar-refractivity contribution is 0.668. The van der Waals surface area contributed by atoms with Crippen molar-refractivity contribution in [3.05, 3.63) is 139 Å². The Bertz CT molecular complexity index is 2650. The van der Waals surface area contributed by atoms with Crippen molar-refractivity contribution in [3.63, 3.8) is 0 Å². The van der Waals surface area contributed by atoms with Gasteiger partial charge >= 0.3 is 0 Å². The van der Waals surface area contributed by atoms with E-state index in [1.54, 1.807) is 0 Å². The molecule has 6 aromatic carbocycles. The maximum absolute atomic E-state index is 6.70. The third-order valence-electron chi connectivity index (χ3n) is 9.34. The number of hydrogen-bond donors (Lipinski definition) is 0. The van der Waals surface area contributed by atoms with Crippen LogP contribution in [0, 0.1) is 0 Å². The van der Waals surface area contributed by atoms with E-state index in [1.165, 1.54) is 16.7 Å². The van der Waals surface area contributed by atoms with Gasteiger partial charge in [0.1, 0.15) is 22.3 Å². The molecular weight excluding hydrogens is 590 g/mol. The predicted octanol–water partition coefficient (Wildman–Crippen LogP) is 11.5. The summed E-state index contributed by atoms with van der Waals surface area (Å²) in [5.74, 6) is 1.79. The monoisotopic (exact) mass is 621 g/mol. The van der Waals surface area contributed by atoms with E-state index in [1.807, 2.05) is 72.8 Å². The Morgan fingerprint density at radius 2 is 1.08 bits per heavy atom. The number of fused-ring (bicyclic) bond motifs is 6. The Balaban J connectivity index is 1.38. The van der Waals surface area contributed by atoms with Gasteiger partial charge in [-0.1, -0.05) is 105 Å². The van der Waals surface area contributed by atoms with Crippen molar-refractivity contribution in [2.75, 3.05) is 0 Å². The van der Waals surface area contributed by atoms with Crippen molar-refractivity contribution in [1.82, 2.24) is 15.0 Å². The summed E-state index contributed by atoms with van der Waals surface area (Å²) in [6.45, 7) is 4.41. The van der Waals surface area contributed by atoms with E-state index in [9.17, 15) is 0 Å². The van der Waals surface area contributed by atoms with Crippen molar-refractivity contribution in [1.29, 1.82) is 0 Å². The van der Waals surface area contributed by atoms with E-state index >= 15 is 0 Å². The molecule has 0 radical (unpaired) electrons. The van der Waals surface area contributed by atoms with Crippen LogP contribution in [0.2, 0.25) is 0 Å². The standard InChI is InChI=1S/C43H31N3O2/c1-3-26-14-8-9-17-30(26)33-25-35-32-19-11-13-21-37(32)48-40(35)39(29(33)4-2)43-45-41(27-15-6-5-7-16-27)44-42(46-43)28-22-23-38-34(24-28)31-18-10-12-20-36(31)47-38/h5-25H,3-4H2,1-2H3. The second-order valence-corrected chi connectivity index (χ2v) is 12.1. The first-order valence-electron chi connectivity index (χ1n) is 16.5. The van der Waals surface area contributed by atoms with Crippen LogP contribution in [0.15, 0.2) is 136 Å². The highest BCUT2D eigenvalue weighted by molar-refractivity contribution is 6.12. The topological polar surface area (TPSA) is 65.0 Å². The molecule has 9 aromatic rings. The van der Waals surface area contributed by atoms with Crippen molar-refractivity contribution in [2.45, 2.75) is 26.7 Å². The van der Waals surface area contributed by atoms with Crippen LogP contribution in [0.5, 0.6) is 0 Å². The molecule has 0 N–H and O–H groups in total. The molecule has 0 saturated heterocycles. The van der Waals surface area contributed by atoms with Gasteiger partial charge in [0.25, 0.3) is 0 Å². The van der Waals surface area contributed by atoms with Gasteiger partial charge < -0.3 is 8.83 Å². The fourth-order valence-corrected chi connectivity index (χ4v) is 7.03. The van der Waals surface area contributed by atoms with E-state index in [-0.39, 0.29) is 0 Å². The number of furan rings is 2. The normalized spacial score (nSPS) is 11.7. The van der Waals surface area contributed by atoms with E-state index < -0.39 is 0 Å². The number of aromatic nitrogens is 3. The average Bonchev–Trinajstić information content (AvgIpc) is 3.72. The van der Waals surface area contributed by atoms with E-state index in [2.05, 4.69) is 68.4 Å². The zero-order valence-corrected chi connectivity index (χ0v) is 26.7. The van der Waals surface area contributed by atoms with Crippen LogP contribution in [0.4, 0.5) is 0 Å². The van der Waals surface area contributed by atoms with Gasteiger partial charge in [-0.3, -0.25) is 0 Å². The highest BCUT2D eigenvalue weighted by atomic mass is 16.3. The number of aryl methyl sites for hydroxylation is 1. The lowest BCUT2D eigenvalue weighted by Crippen LogP contribution is -2.03. The van der Waals surface area contributed by atoms with E-state index in [4.69, 9.17) is 23.8 Å². The molecule has 5 heteroatoms. The smallest absolute Gasteiger partial charge is 0.168 e. The SMILES string of the molecule is CCc1ccccc1-c1cc2c(oc3ccccc32)c(-c2nc(-c3ccccc3)nc(-c3ccc4oc5ccccc5c4c3)n2)c1CC. The van der Waals surface area contributed by atoms with Crippen LogP contribution in [0.3, 0.4) is 0 Å². The molecule has 0 unspecified atom stereocenters. The molecule has 3 heterocycles. The minimum Gasteiger partial charge on any atom is -0.456 e. The van der Waals surface area contributed by atoms with Crippen LogP contribution < -0.4 is 0 Å². The van der Waals surface area contributed by atoms with Gasteiger partial charge in [-0.2, -0.15) is 0 Å². The molecule has 0 fully saturated rings. The number of para-hydroxylation sites is 2. The predicted molar refractivity (Wildman–Crippen MR) is 195 cm³/mol. The molecule has 0 spiro atoms. The molecule has 0 bridgehead atoms. The first-order chi connectivity index (χ1) is 23.7. The fraction of sp³-hybridized carbons (Fsp3) is 0.0930. The van der Waals surface area contributed by atoms with Crippen LogP contribution in [0.1, 0.15) is 25.0 Å². The summed E-state index contributed by atoms with van der Waals surface area (Å²) in [4.78, 5) is 15.5. The molecular formula is C43H31N3O2. The highest BCUT2D eigenvalue weighted by Crippen LogP contribution is 2.44. The first-order valence-corrected chi connectivity index (χ1v) is 16.5. The number of nitrogens with zero attached hydrogens (tertiary/aromatic N) is 3. The Labute approximate surface area is 277 Å². The van der Waals surface area contributed by atoms with Gasteiger partial charge in [-0.05, 0) is 71.5 Å². The summed E-state index contributed by atoms with van der Waals surface area (Å²) in [7, 11) is 0. The molecule has 9 rings (SSSR count). The van der Waals surface area contributed by atoms with Gasteiger partial charge in [-0.25, -0.2) is 15.0 Å². The molecule has 230 valence electrons. The number of benzene rings is 6. The summed E-state index contributed by atoms with van der Waals surface area (Å²) in [5.41, 5.74) is 10.9. The van der Waals surface area contributed by atoms with Gasteiger partial charge in [0.2, 0.25) is 0 Å². The molecule has 0 aliphatic carbocycles. The largest absolute Gasteiger partial charge is 0.456 e. The van der Waals surface area contributed by atoms with Gasteiger partial charge in [0.05, 0.1) is 5.56 Å². The Morgan fingerprint density at radius 3 is 1.85 bits per heavy atom. The second kappa shape index (κ2) is 11.3. The molecule has 48 heavy (non-hydrogen) atoms. The summed E-state index contributed by atoms with van der Waals surface area (Å²) >= 11 is 0. The summed E-state index contributed by atoms with van der Waals surface area (Å²) < 4.78 is 12.8. The molecule has 0 aliphatic heterocycles. The Kier molecular flexibility index (Phi) is 6.64. The molecule has 3 aromatic heterocycles. The summed E-state index contributed by atoms with van der Waals surface area (Å²) in [6.07, 6.45) is 1.70. The zero-order chi connectivity index (χ0) is 32.2.